The maximum Gasteiger partial charge on any atom is 0.405 e. The number of halogens is 4. The van der Waals surface area contributed by atoms with Crippen LogP contribution in [0.2, 0.25) is 0 Å². The largest absolute Gasteiger partial charge is 0.497 e. The quantitative estimate of drug-likeness (QED) is 0.0528. The highest BCUT2D eigenvalue weighted by atomic mass is 32.2. The van der Waals surface area contributed by atoms with E-state index in [0.29, 0.717) is 54.9 Å². The first-order valence-electron chi connectivity index (χ1n) is 22.5. The standard InChI is InChI=1S/C19H24F2N2O2.C13H23N3O4.C9H13F2NO3S.C2H6.C2H4.C2H2/c1-25-14-9-10-15-16(12-14)23-18(24)17(22-15)19(20,21)11-5-4-8-13-6-2-3-7-13;1-7-5-6-16(8(7)10(14)17)11(18)9(13(2,3)4)15-12(19)20;1-9(2-3-9)16(14,15)12-8(13)6-4-5(6)7(10)11;3*1-2/h9-10,12-13H,2-8,11H2,1H3,(H,23,24);7-9,15H,5-6H2,1-4H3,(H2,14,17)(H,19,20);5-7H,2-4H2,1H3,(H,12,13);1-2H3;1-2H2;1-2H/t;7-,8+,9-;5?,6-;;;/m.10.../s1. The highest BCUT2D eigenvalue weighted by Crippen LogP contribution is 2.46. The van der Waals surface area contributed by atoms with Gasteiger partial charge in [-0.2, -0.15) is 8.78 Å². The third-order valence-electron chi connectivity index (χ3n) is 12.1. The Hall–Kier alpha value is -5.19. The van der Waals surface area contributed by atoms with Crippen molar-refractivity contribution in [1.82, 2.24) is 24.9 Å². The predicted molar refractivity (Wildman–Crippen MR) is 251 cm³/mol. The molecule has 6 rings (SSSR count). The normalized spacial score (nSPS) is 20.8. The van der Waals surface area contributed by atoms with E-state index in [2.05, 4.69) is 41.3 Å². The second-order valence-corrected chi connectivity index (χ2v) is 20.2. The van der Waals surface area contributed by atoms with Crippen molar-refractivity contribution in [2.45, 2.75) is 155 Å². The zero-order valence-corrected chi connectivity index (χ0v) is 41.0. The number of nitrogens with zero attached hydrogens (tertiary/aromatic N) is 2. The Balaban J connectivity index is 0.000000485. The summed E-state index contributed by atoms with van der Waals surface area (Å²) < 4.78 is 82.7. The van der Waals surface area contributed by atoms with E-state index in [0.717, 1.165) is 12.8 Å². The van der Waals surface area contributed by atoms with Crippen LogP contribution in [0.3, 0.4) is 0 Å². The summed E-state index contributed by atoms with van der Waals surface area (Å²) in [7, 11) is -2.18. The first-order chi connectivity index (χ1) is 31.3. The van der Waals surface area contributed by atoms with Gasteiger partial charge in [-0.15, -0.1) is 26.0 Å². The van der Waals surface area contributed by atoms with Gasteiger partial charge < -0.3 is 30.8 Å². The number of fused-ring (bicyclic) bond motifs is 1. The number of nitrogens with two attached hydrogens (primary N) is 1. The van der Waals surface area contributed by atoms with Crippen LogP contribution in [0.25, 0.3) is 11.0 Å². The average molecular weight is 973 g/mol. The molecule has 6 N–H and O–H groups in total. The van der Waals surface area contributed by atoms with E-state index in [1.54, 1.807) is 45.9 Å². The van der Waals surface area contributed by atoms with Gasteiger partial charge in [-0.05, 0) is 68.4 Å². The molecule has 2 heterocycles. The lowest BCUT2D eigenvalue weighted by Gasteiger charge is -2.34. The first-order valence-corrected chi connectivity index (χ1v) is 24.0. The number of carbonyl (C=O) groups is 4. The van der Waals surface area contributed by atoms with E-state index < -0.39 is 91.5 Å². The van der Waals surface area contributed by atoms with Gasteiger partial charge in [0.15, 0.2) is 5.69 Å². The summed E-state index contributed by atoms with van der Waals surface area (Å²) in [4.78, 5) is 66.3. The SMILES string of the molecule is C#C.C=C.CC.CC1(S(=O)(=O)NC(=O)[C@H]2CC2C(F)F)CC1.COc1ccc2nc(C(F)(F)CCCCC3CCCC3)c(=O)[nH]c2c1.C[C@@H]1CCN(C(=O)[C@@H](NC(=O)O)C(C)(C)C)[C@@H]1C(N)=O. The number of benzene rings is 1. The van der Waals surface area contributed by atoms with Crippen molar-refractivity contribution in [2.75, 3.05) is 13.7 Å². The van der Waals surface area contributed by atoms with Crippen molar-refractivity contribution in [1.29, 1.82) is 0 Å². The van der Waals surface area contributed by atoms with Gasteiger partial charge in [-0.1, -0.05) is 80.1 Å². The van der Waals surface area contributed by atoms with Crippen LogP contribution in [0.5, 0.6) is 5.75 Å². The molecule has 3 aliphatic carbocycles. The van der Waals surface area contributed by atoms with Gasteiger partial charge in [0, 0.05) is 30.9 Å². The molecular formula is C47H72F4N6O9S. The molecule has 4 amide bonds. The summed E-state index contributed by atoms with van der Waals surface area (Å²) >= 11 is 0. The van der Waals surface area contributed by atoms with Gasteiger partial charge in [-0.25, -0.2) is 27.0 Å². The summed E-state index contributed by atoms with van der Waals surface area (Å²) in [5, 5.41) is 11.1. The number of sulfonamides is 1. The number of aromatic nitrogens is 2. The molecule has 67 heavy (non-hydrogen) atoms. The van der Waals surface area contributed by atoms with Crippen LogP contribution in [0.1, 0.15) is 131 Å². The van der Waals surface area contributed by atoms with Gasteiger partial charge in [0.25, 0.3) is 11.5 Å². The minimum absolute atomic E-state index is 0.0121. The average Bonchev–Trinajstić information content (AvgIpc) is 4.15. The Morgan fingerprint density at radius 1 is 1.07 bits per heavy atom. The Kier molecular flexibility index (Phi) is 23.6. The summed E-state index contributed by atoms with van der Waals surface area (Å²) in [6.07, 6.45) is 12.8. The number of nitrogens with one attached hydrogen (secondary N) is 3. The lowest BCUT2D eigenvalue weighted by Crippen LogP contribution is -2.57. The number of unbranched alkanes of at least 4 members (excludes halogenated alkanes) is 1. The Morgan fingerprint density at radius 3 is 2.13 bits per heavy atom. The number of hydrogen-bond donors (Lipinski definition) is 5. The van der Waals surface area contributed by atoms with Gasteiger partial charge in [-0.3, -0.25) is 23.9 Å². The molecule has 1 saturated heterocycles. The second kappa shape index (κ2) is 26.4. The van der Waals surface area contributed by atoms with Crippen molar-refractivity contribution in [2.24, 2.45) is 34.8 Å². The lowest BCUT2D eigenvalue weighted by atomic mass is 9.85. The number of likely N-dealkylation sites (tertiary alicyclic amines) is 1. The van der Waals surface area contributed by atoms with Crippen molar-refractivity contribution < 1.29 is 55.0 Å². The molecule has 15 nitrogen and oxygen atoms in total. The number of methoxy groups -OCH3 is 1. The van der Waals surface area contributed by atoms with Gasteiger partial charge in [0.05, 0.1) is 22.9 Å². The zero-order valence-electron chi connectivity index (χ0n) is 40.1. The highest BCUT2D eigenvalue weighted by molar-refractivity contribution is 7.91. The van der Waals surface area contributed by atoms with Crippen LogP contribution in [-0.4, -0.2) is 89.1 Å². The van der Waals surface area contributed by atoms with E-state index in [1.165, 1.54) is 37.7 Å². The minimum atomic E-state index is -3.68. The number of H-pyrrole nitrogens is 1. The molecule has 5 atom stereocenters. The Labute approximate surface area is 392 Å². The third-order valence-corrected chi connectivity index (χ3v) is 14.2. The molecule has 1 aromatic heterocycles. The van der Waals surface area contributed by atoms with Crippen molar-refractivity contribution in [3.8, 4) is 18.6 Å². The topological polar surface area (TPSA) is 231 Å². The first kappa shape index (κ1) is 59.8. The van der Waals surface area contributed by atoms with Crippen molar-refractivity contribution in [3.05, 3.63) is 47.4 Å². The molecule has 1 aromatic carbocycles. The fourth-order valence-electron chi connectivity index (χ4n) is 7.77. The van der Waals surface area contributed by atoms with Gasteiger partial charge >= 0.3 is 6.09 Å². The number of alkyl halides is 4. The molecule has 0 radical (unpaired) electrons. The Morgan fingerprint density at radius 2 is 1.66 bits per heavy atom. The van der Waals surface area contributed by atoms with Crippen LogP contribution < -0.4 is 26.1 Å². The monoisotopic (exact) mass is 973 g/mol. The molecule has 4 aliphatic rings. The van der Waals surface area contributed by atoms with E-state index in [4.69, 9.17) is 15.6 Å². The van der Waals surface area contributed by atoms with Crippen LogP contribution in [0.15, 0.2) is 36.2 Å². The van der Waals surface area contributed by atoms with Gasteiger partial charge in [0.1, 0.15) is 17.8 Å². The molecule has 20 heteroatoms. The number of carboxylic acid groups (broad SMARTS) is 1. The predicted octanol–water partition coefficient (Wildman–Crippen LogP) is 8.13. The number of ether oxygens (including phenoxy) is 1. The molecule has 1 unspecified atom stereocenters. The van der Waals surface area contributed by atoms with Crippen LogP contribution >= 0.6 is 0 Å². The van der Waals surface area contributed by atoms with E-state index >= 15 is 0 Å². The summed E-state index contributed by atoms with van der Waals surface area (Å²) in [5.74, 6) is -5.52. The fraction of sp³-hybridized carbons (Fsp3) is 0.660. The molecular weight excluding hydrogens is 901 g/mol. The molecule has 2 aromatic rings. The maximum atomic E-state index is 14.5. The molecule has 3 saturated carbocycles. The molecule has 0 bridgehead atoms. The number of rotatable bonds is 14. The van der Waals surface area contributed by atoms with E-state index in [1.807, 2.05) is 25.5 Å². The number of carbonyl (C=O) groups excluding carboxylic acids is 3. The summed E-state index contributed by atoms with van der Waals surface area (Å²) in [5.41, 5.74) is 3.97. The lowest BCUT2D eigenvalue weighted by molar-refractivity contribution is -0.141. The summed E-state index contributed by atoms with van der Waals surface area (Å²) in [6, 6.07) is 3.21. The number of aromatic amines is 1. The minimum Gasteiger partial charge on any atom is -0.497 e. The fourth-order valence-corrected chi connectivity index (χ4v) is 9.08. The molecule has 0 spiro atoms. The van der Waals surface area contributed by atoms with Crippen LogP contribution in [-0.2, 0) is 30.3 Å². The molecule has 378 valence electrons. The number of hydrogen-bond acceptors (Lipinski definition) is 9. The third kappa shape index (κ3) is 17.1. The van der Waals surface area contributed by atoms with Gasteiger partial charge in [0.2, 0.25) is 34.2 Å². The van der Waals surface area contributed by atoms with Crippen molar-refractivity contribution in [3.63, 3.8) is 0 Å². The van der Waals surface area contributed by atoms with Crippen LogP contribution in [0, 0.1) is 41.9 Å². The van der Waals surface area contributed by atoms with Crippen LogP contribution in [0.4, 0.5) is 22.4 Å². The number of terminal acetylenes is 1. The molecule has 4 fully saturated rings. The summed E-state index contributed by atoms with van der Waals surface area (Å²) in [6.45, 7) is 19.1. The second-order valence-electron chi connectivity index (χ2n) is 18.1. The Bertz CT molecular complexity index is 2140. The molecule has 1 aliphatic heterocycles. The number of primary amides is 1. The van der Waals surface area contributed by atoms with Crippen molar-refractivity contribution >= 4 is 44.9 Å². The zero-order chi connectivity index (χ0) is 51.7. The highest BCUT2D eigenvalue weighted by Gasteiger charge is 2.54. The van der Waals surface area contributed by atoms with E-state index in [9.17, 15) is 50.0 Å². The number of amides is 4. The smallest absolute Gasteiger partial charge is 0.405 e. The maximum absolute atomic E-state index is 14.5. The van der Waals surface area contributed by atoms with E-state index in [-0.39, 0.29) is 18.8 Å².